The monoisotopic (exact) mass is 484 g/mol. The summed E-state index contributed by atoms with van der Waals surface area (Å²) in [5.41, 5.74) is 2.15. The van der Waals surface area contributed by atoms with Gasteiger partial charge in [0.05, 0.1) is 46.6 Å². The zero-order valence-corrected chi connectivity index (χ0v) is 20.6. The van der Waals surface area contributed by atoms with Crippen molar-refractivity contribution >= 4 is 11.9 Å². The van der Waals surface area contributed by atoms with Gasteiger partial charge in [-0.2, -0.15) is 0 Å². The number of hydrogen-bond acceptors (Lipinski definition) is 8. The van der Waals surface area contributed by atoms with Crippen LogP contribution in [0.1, 0.15) is 27.0 Å². The number of methoxy groups -OCH3 is 3. The summed E-state index contributed by atoms with van der Waals surface area (Å²) in [7, 11) is 4.57. The number of benzene rings is 2. The van der Waals surface area contributed by atoms with Crippen LogP contribution in [0.5, 0.6) is 28.7 Å². The fourth-order valence-electron chi connectivity index (χ4n) is 4.77. The summed E-state index contributed by atoms with van der Waals surface area (Å²) in [6.45, 7) is 6.43. The van der Waals surface area contributed by atoms with Crippen molar-refractivity contribution in [3.05, 3.63) is 46.2 Å². The summed E-state index contributed by atoms with van der Waals surface area (Å²) >= 11 is 0. The average molecular weight is 485 g/mol. The molecule has 0 aromatic heterocycles. The van der Waals surface area contributed by atoms with Crippen LogP contribution in [-0.4, -0.2) is 76.4 Å². The molecule has 0 aliphatic carbocycles. The summed E-state index contributed by atoms with van der Waals surface area (Å²) in [5, 5.41) is 22.1. The van der Waals surface area contributed by atoms with E-state index in [9.17, 15) is 9.90 Å². The van der Waals surface area contributed by atoms with Gasteiger partial charge in [-0.1, -0.05) is 11.8 Å². The second-order valence-electron chi connectivity index (χ2n) is 8.73. The Balaban J connectivity index is 1.65. The molecule has 0 radical (unpaired) electrons. The van der Waals surface area contributed by atoms with Crippen LogP contribution in [0.15, 0.2) is 24.0 Å². The first-order chi connectivity index (χ1) is 16.9. The van der Waals surface area contributed by atoms with Gasteiger partial charge in [0, 0.05) is 30.8 Å². The van der Waals surface area contributed by atoms with Crippen molar-refractivity contribution in [2.24, 2.45) is 0 Å². The molecular weight excluding hydrogens is 452 g/mol. The fraction of sp³-hybridized carbons (Fsp3) is 0.423. The smallest absolute Gasteiger partial charge is 0.232 e. The van der Waals surface area contributed by atoms with E-state index in [1.807, 2.05) is 0 Å². The van der Waals surface area contributed by atoms with E-state index in [4.69, 9.17) is 24.1 Å². The van der Waals surface area contributed by atoms with Crippen LogP contribution in [0.2, 0.25) is 0 Å². The third-order valence-corrected chi connectivity index (χ3v) is 6.63. The Labute approximate surface area is 205 Å². The molecule has 0 atom stereocenters. The van der Waals surface area contributed by atoms with Gasteiger partial charge in [0.1, 0.15) is 12.3 Å². The molecule has 0 saturated carbocycles. The zero-order valence-electron chi connectivity index (χ0n) is 20.6. The predicted molar refractivity (Wildman–Crippen MR) is 128 cm³/mol. The molecule has 188 valence electrons. The van der Waals surface area contributed by atoms with Crippen molar-refractivity contribution in [3.63, 3.8) is 0 Å². The predicted octanol–water partition coefficient (Wildman–Crippen LogP) is 0.403. The van der Waals surface area contributed by atoms with Crippen LogP contribution in [0.25, 0.3) is 6.08 Å². The summed E-state index contributed by atoms with van der Waals surface area (Å²) in [5.74, 6) is 1.43. The van der Waals surface area contributed by atoms with Gasteiger partial charge >= 0.3 is 0 Å². The van der Waals surface area contributed by atoms with Gasteiger partial charge < -0.3 is 34.1 Å². The minimum Gasteiger partial charge on any atom is -0.872 e. The standard InChI is InChI=1S/C26H32N2O7/c1-16-13-19(30)18(15-28-9-7-27(8-10-28)11-12-29)25-22(16)23(31)21(35-25)14-17-5-6-20(32-2)26(34-4)24(17)33-3/h5-6,13-14,29-30H,7-12,15H2,1-4H3. The fourth-order valence-corrected chi connectivity index (χ4v) is 4.77. The first kappa shape index (κ1) is 24.8. The highest BCUT2D eigenvalue weighted by Crippen LogP contribution is 2.43. The molecule has 0 spiro atoms. The molecule has 2 aliphatic heterocycles. The van der Waals surface area contributed by atoms with Gasteiger partial charge in [0.15, 0.2) is 17.3 Å². The molecule has 9 nitrogen and oxygen atoms in total. The Hall–Kier alpha value is -3.27. The lowest BCUT2D eigenvalue weighted by Gasteiger charge is -2.32. The largest absolute Gasteiger partial charge is 0.872 e. The number of nitrogens with one attached hydrogen (secondary N) is 1. The van der Waals surface area contributed by atoms with Crippen LogP contribution in [0.4, 0.5) is 0 Å². The highest BCUT2D eigenvalue weighted by Gasteiger charge is 2.34. The van der Waals surface area contributed by atoms with Crippen LogP contribution in [0, 0.1) is 6.92 Å². The van der Waals surface area contributed by atoms with Gasteiger partial charge in [-0.25, -0.2) is 0 Å². The Kier molecular flexibility index (Phi) is 7.49. The number of rotatable bonds is 8. The molecular formula is C26H32N2O7. The van der Waals surface area contributed by atoms with Crippen molar-refractivity contribution in [2.45, 2.75) is 13.5 Å². The first-order valence-corrected chi connectivity index (χ1v) is 11.6. The van der Waals surface area contributed by atoms with E-state index in [-0.39, 0.29) is 23.9 Å². The number of β-amino-alcohol motifs (C(OH)–C–C–N with tert-alkyl or cyclic N) is 1. The number of carbonyl (C=O) groups is 1. The molecule has 35 heavy (non-hydrogen) atoms. The molecule has 2 aromatic rings. The topological polar surface area (TPSA) is 105 Å². The number of ether oxygens (including phenoxy) is 4. The lowest BCUT2D eigenvalue weighted by atomic mass is 9.99. The minimum absolute atomic E-state index is 0.121. The maximum absolute atomic E-state index is 13.3. The van der Waals surface area contributed by atoms with E-state index >= 15 is 0 Å². The van der Waals surface area contributed by atoms with Crippen LogP contribution < -0.4 is 29.0 Å². The van der Waals surface area contributed by atoms with Gasteiger partial charge in [-0.05, 0) is 30.7 Å². The molecule has 9 heteroatoms. The minimum atomic E-state index is -0.265. The summed E-state index contributed by atoms with van der Waals surface area (Å²) in [4.78, 5) is 16.8. The Morgan fingerprint density at radius 2 is 1.86 bits per heavy atom. The Morgan fingerprint density at radius 1 is 1.14 bits per heavy atom. The summed E-state index contributed by atoms with van der Waals surface area (Å²) in [6, 6.07) is 5.01. The molecule has 0 bridgehead atoms. The van der Waals surface area contributed by atoms with E-state index in [1.54, 1.807) is 25.1 Å². The number of carbonyl (C=O) groups excluding carboxylic acids is 1. The maximum atomic E-state index is 13.3. The van der Waals surface area contributed by atoms with E-state index in [1.165, 1.54) is 32.3 Å². The van der Waals surface area contributed by atoms with Crippen molar-refractivity contribution in [3.8, 4) is 28.7 Å². The van der Waals surface area contributed by atoms with Crippen LogP contribution in [0.3, 0.4) is 0 Å². The highest BCUT2D eigenvalue weighted by atomic mass is 16.5. The van der Waals surface area contributed by atoms with Gasteiger partial charge in [0.25, 0.3) is 0 Å². The SMILES string of the molecule is COc1ccc(C=C2Oc3c(C[NH+]4CCN(CCO)CC4)c([O-])cc(C)c3C2=O)c(OC)c1OC. The molecule has 2 heterocycles. The Morgan fingerprint density at radius 3 is 2.49 bits per heavy atom. The number of ketones is 1. The van der Waals surface area contributed by atoms with Crippen molar-refractivity contribution in [1.29, 1.82) is 0 Å². The molecule has 2 N–H and O–H groups in total. The van der Waals surface area contributed by atoms with Crippen molar-refractivity contribution in [2.75, 3.05) is 60.7 Å². The van der Waals surface area contributed by atoms with E-state index in [0.717, 1.165) is 26.2 Å². The quantitative estimate of drug-likeness (QED) is 0.519. The number of allylic oxidation sites excluding steroid dienone is 1. The number of quaternary nitrogens is 1. The third-order valence-electron chi connectivity index (χ3n) is 6.63. The number of aliphatic hydroxyl groups excluding tert-OH is 1. The zero-order chi connectivity index (χ0) is 25.1. The second kappa shape index (κ2) is 10.6. The lowest BCUT2D eigenvalue weighted by Crippen LogP contribution is -3.13. The van der Waals surface area contributed by atoms with Gasteiger partial charge in [-0.3, -0.25) is 9.69 Å². The van der Waals surface area contributed by atoms with E-state index in [0.29, 0.717) is 58.3 Å². The van der Waals surface area contributed by atoms with E-state index in [2.05, 4.69) is 4.90 Å². The number of aryl methyl sites for hydroxylation is 1. The number of hydrogen-bond donors (Lipinski definition) is 2. The summed E-state index contributed by atoms with van der Waals surface area (Å²) < 4.78 is 22.4. The Bertz CT molecular complexity index is 1140. The van der Waals surface area contributed by atoms with E-state index < -0.39 is 0 Å². The molecule has 4 rings (SSSR count). The number of aliphatic hydroxyl groups is 1. The average Bonchev–Trinajstić information content (AvgIpc) is 3.18. The molecule has 1 fully saturated rings. The maximum Gasteiger partial charge on any atom is 0.232 e. The number of Topliss-reactive ketones (excluding diaryl/α,β-unsaturated/α-hetero) is 1. The van der Waals surface area contributed by atoms with Gasteiger partial charge in [0.2, 0.25) is 11.5 Å². The first-order valence-electron chi connectivity index (χ1n) is 11.6. The molecule has 1 saturated heterocycles. The second-order valence-corrected chi connectivity index (χ2v) is 8.73. The van der Waals surface area contributed by atoms with Crippen LogP contribution in [-0.2, 0) is 6.54 Å². The van der Waals surface area contributed by atoms with Crippen molar-refractivity contribution in [1.82, 2.24) is 4.90 Å². The lowest BCUT2D eigenvalue weighted by molar-refractivity contribution is -0.918. The summed E-state index contributed by atoms with van der Waals surface area (Å²) in [6.07, 6.45) is 1.61. The molecule has 2 aliphatic rings. The molecule has 2 aromatic carbocycles. The normalized spacial score (nSPS) is 17.4. The molecule has 0 unspecified atom stereocenters. The van der Waals surface area contributed by atoms with Crippen LogP contribution >= 0.6 is 0 Å². The van der Waals surface area contributed by atoms with Gasteiger partial charge in [-0.15, -0.1) is 0 Å². The number of nitrogens with zero attached hydrogens (tertiary/aromatic N) is 1. The number of fused-ring (bicyclic) bond motifs is 1. The van der Waals surface area contributed by atoms with Crippen molar-refractivity contribution < 1.29 is 38.9 Å². The number of piperazine rings is 1. The molecule has 0 amide bonds. The third kappa shape index (κ3) is 4.80. The highest BCUT2D eigenvalue weighted by molar-refractivity contribution is 6.16.